The summed E-state index contributed by atoms with van der Waals surface area (Å²) in [6.45, 7) is 5.53. The number of benzene rings is 2. The summed E-state index contributed by atoms with van der Waals surface area (Å²) in [6.07, 6.45) is 0. The van der Waals surface area contributed by atoms with Crippen molar-refractivity contribution in [3.8, 4) is 0 Å². The molecule has 0 radical (unpaired) electrons. The van der Waals surface area contributed by atoms with E-state index < -0.39 is 5.82 Å². The van der Waals surface area contributed by atoms with E-state index >= 15 is 0 Å². The van der Waals surface area contributed by atoms with Crippen molar-refractivity contribution < 1.29 is 9.18 Å². The molecular weight excluding hydrogens is 227 g/mol. The van der Waals surface area contributed by atoms with E-state index in [1.165, 1.54) is 6.07 Å². The summed E-state index contributed by atoms with van der Waals surface area (Å²) < 4.78 is 13.9. The number of rotatable bonds is 2. The lowest BCUT2D eigenvalue weighted by Crippen LogP contribution is -2.07. The number of ketones is 1. The molecule has 0 aliphatic carbocycles. The van der Waals surface area contributed by atoms with Gasteiger partial charge in [0, 0.05) is 5.56 Å². The molecule has 0 spiro atoms. The van der Waals surface area contributed by atoms with Crippen LogP contribution < -0.4 is 0 Å². The molecule has 92 valence electrons. The maximum absolute atomic E-state index is 13.9. The topological polar surface area (TPSA) is 17.1 Å². The Kier molecular flexibility index (Phi) is 3.28. The fourth-order valence-electron chi connectivity index (χ4n) is 2.05. The average Bonchev–Trinajstić information content (AvgIpc) is 2.28. The largest absolute Gasteiger partial charge is 0.288 e. The van der Waals surface area contributed by atoms with Crippen LogP contribution in [0.3, 0.4) is 0 Å². The lowest BCUT2D eigenvalue weighted by atomic mass is 9.96. The van der Waals surface area contributed by atoms with Gasteiger partial charge in [0.05, 0.1) is 5.56 Å². The molecule has 0 aliphatic heterocycles. The van der Waals surface area contributed by atoms with Crippen molar-refractivity contribution in [3.63, 3.8) is 0 Å². The number of carbonyl (C=O) groups is 1. The Hall–Kier alpha value is -1.96. The van der Waals surface area contributed by atoms with E-state index in [-0.39, 0.29) is 11.3 Å². The van der Waals surface area contributed by atoms with Crippen LogP contribution in [0.1, 0.15) is 32.6 Å². The van der Waals surface area contributed by atoms with Gasteiger partial charge >= 0.3 is 0 Å². The second-order valence-corrected chi connectivity index (χ2v) is 4.63. The number of carbonyl (C=O) groups excluding carboxylic acids is 1. The molecule has 0 amide bonds. The predicted molar refractivity (Wildman–Crippen MR) is 70.5 cm³/mol. The molecule has 2 aromatic carbocycles. The van der Waals surface area contributed by atoms with Gasteiger partial charge in [0.15, 0.2) is 5.78 Å². The molecule has 0 bridgehead atoms. The Bertz CT molecular complexity index is 574. The lowest BCUT2D eigenvalue weighted by molar-refractivity contribution is 0.103. The maximum atomic E-state index is 13.9. The molecule has 2 aromatic rings. The van der Waals surface area contributed by atoms with E-state index in [1.807, 2.05) is 32.0 Å². The summed E-state index contributed by atoms with van der Waals surface area (Å²) in [5.41, 5.74) is 3.27. The Morgan fingerprint density at radius 2 is 1.56 bits per heavy atom. The van der Waals surface area contributed by atoms with Crippen molar-refractivity contribution in [2.24, 2.45) is 0 Å². The SMILES string of the molecule is Cc1ccc(C(=O)c2c(C)cc(C)cc2F)cc1. The minimum absolute atomic E-state index is 0.171. The predicted octanol–water partition coefficient (Wildman–Crippen LogP) is 3.98. The van der Waals surface area contributed by atoms with Crippen molar-refractivity contribution in [2.45, 2.75) is 20.8 Å². The summed E-state index contributed by atoms with van der Waals surface area (Å²) in [5.74, 6) is -0.705. The monoisotopic (exact) mass is 242 g/mol. The van der Waals surface area contributed by atoms with E-state index in [0.29, 0.717) is 11.1 Å². The van der Waals surface area contributed by atoms with Crippen LogP contribution in [0.4, 0.5) is 4.39 Å². The molecular formula is C16H15FO. The highest BCUT2D eigenvalue weighted by atomic mass is 19.1. The summed E-state index contributed by atoms with van der Waals surface area (Å²) >= 11 is 0. The lowest BCUT2D eigenvalue weighted by Gasteiger charge is -2.08. The molecule has 0 heterocycles. The molecule has 0 N–H and O–H groups in total. The van der Waals surface area contributed by atoms with E-state index in [1.54, 1.807) is 19.1 Å². The highest BCUT2D eigenvalue weighted by Crippen LogP contribution is 2.19. The Balaban J connectivity index is 2.49. The van der Waals surface area contributed by atoms with E-state index in [9.17, 15) is 9.18 Å². The van der Waals surface area contributed by atoms with Gasteiger partial charge in [0.1, 0.15) is 5.82 Å². The number of aryl methyl sites for hydroxylation is 3. The Morgan fingerprint density at radius 3 is 2.11 bits per heavy atom. The van der Waals surface area contributed by atoms with E-state index in [4.69, 9.17) is 0 Å². The first kappa shape index (κ1) is 12.5. The van der Waals surface area contributed by atoms with Crippen LogP contribution in [-0.4, -0.2) is 5.78 Å². The van der Waals surface area contributed by atoms with Gasteiger partial charge in [-0.05, 0) is 38.0 Å². The zero-order valence-electron chi connectivity index (χ0n) is 10.8. The van der Waals surface area contributed by atoms with Crippen molar-refractivity contribution in [1.82, 2.24) is 0 Å². The quantitative estimate of drug-likeness (QED) is 0.728. The van der Waals surface area contributed by atoms with Gasteiger partial charge in [0.2, 0.25) is 0 Å². The van der Waals surface area contributed by atoms with Crippen molar-refractivity contribution in [2.75, 3.05) is 0 Å². The van der Waals surface area contributed by atoms with Crippen LogP contribution in [0.2, 0.25) is 0 Å². The van der Waals surface area contributed by atoms with Gasteiger partial charge in [-0.25, -0.2) is 4.39 Å². The molecule has 2 rings (SSSR count). The molecule has 1 nitrogen and oxygen atoms in total. The molecule has 0 atom stereocenters. The number of halogens is 1. The third kappa shape index (κ3) is 2.33. The first-order valence-electron chi connectivity index (χ1n) is 5.87. The van der Waals surface area contributed by atoms with Crippen molar-refractivity contribution >= 4 is 5.78 Å². The molecule has 0 saturated carbocycles. The zero-order chi connectivity index (χ0) is 13.3. The Labute approximate surface area is 106 Å². The second kappa shape index (κ2) is 4.73. The van der Waals surface area contributed by atoms with Crippen molar-refractivity contribution in [3.05, 3.63) is 70.0 Å². The molecule has 0 saturated heterocycles. The van der Waals surface area contributed by atoms with Crippen LogP contribution in [0, 0.1) is 26.6 Å². The van der Waals surface area contributed by atoms with Gasteiger partial charge in [-0.2, -0.15) is 0 Å². The minimum atomic E-state index is -0.446. The van der Waals surface area contributed by atoms with E-state index in [0.717, 1.165) is 11.1 Å². The number of hydrogen-bond acceptors (Lipinski definition) is 1. The molecule has 0 aromatic heterocycles. The summed E-state index contributed by atoms with van der Waals surface area (Å²) in [5, 5.41) is 0. The molecule has 0 unspecified atom stereocenters. The summed E-state index contributed by atoms with van der Waals surface area (Å²) in [4.78, 5) is 12.3. The van der Waals surface area contributed by atoms with Gasteiger partial charge in [-0.1, -0.05) is 35.9 Å². The van der Waals surface area contributed by atoms with Crippen LogP contribution in [0.15, 0.2) is 36.4 Å². The highest BCUT2D eigenvalue weighted by molar-refractivity contribution is 6.10. The van der Waals surface area contributed by atoms with E-state index in [2.05, 4.69) is 0 Å². The summed E-state index contributed by atoms with van der Waals surface area (Å²) in [6, 6.07) is 10.4. The van der Waals surface area contributed by atoms with Crippen LogP contribution in [-0.2, 0) is 0 Å². The zero-order valence-corrected chi connectivity index (χ0v) is 10.8. The second-order valence-electron chi connectivity index (χ2n) is 4.63. The standard InChI is InChI=1S/C16H15FO/c1-10-4-6-13(7-5-10)16(18)15-12(3)8-11(2)9-14(15)17/h4-9H,1-3H3. The van der Waals surface area contributed by atoms with Gasteiger partial charge in [-0.3, -0.25) is 4.79 Å². The van der Waals surface area contributed by atoms with Crippen LogP contribution >= 0.6 is 0 Å². The third-order valence-corrected chi connectivity index (χ3v) is 2.97. The Morgan fingerprint density at radius 1 is 0.944 bits per heavy atom. The fourth-order valence-corrected chi connectivity index (χ4v) is 2.05. The van der Waals surface area contributed by atoms with Crippen LogP contribution in [0.25, 0.3) is 0 Å². The fraction of sp³-hybridized carbons (Fsp3) is 0.188. The molecule has 0 aliphatic rings. The minimum Gasteiger partial charge on any atom is -0.288 e. The van der Waals surface area contributed by atoms with Crippen LogP contribution in [0.5, 0.6) is 0 Å². The maximum Gasteiger partial charge on any atom is 0.196 e. The van der Waals surface area contributed by atoms with Gasteiger partial charge in [-0.15, -0.1) is 0 Å². The first-order chi connectivity index (χ1) is 8.49. The molecule has 0 fully saturated rings. The third-order valence-electron chi connectivity index (χ3n) is 2.97. The molecule has 18 heavy (non-hydrogen) atoms. The summed E-state index contributed by atoms with van der Waals surface area (Å²) in [7, 11) is 0. The smallest absolute Gasteiger partial charge is 0.196 e. The molecule has 2 heteroatoms. The normalized spacial score (nSPS) is 10.4. The van der Waals surface area contributed by atoms with Gasteiger partial charge in [0.25, 0.3) is 0 Å². The number of hydrogen-bond donors (Lipinski definition) is 0. The average molecular weight is 242 g/mol. The van der Waals surface area contributed by atoms with Gasteiger partial charge < -0.3 is 0 Å². The highest BCUT2D eigenvalue weighted by Gasteiger charge is 2.16. The first-order valence-corrected chi connectivity index (χ1v) is 5.87. The van der Waals surface area contributed by atoms with Crippen molar-refractivity contribution in [1.29, 1.82) is 0 Å².